The van der Waals surface area contributed by atoms with Gasteiger partial charge in [0.05, 0.1) is 0 Å². The summed E-state index contributed by atoms with van der Waals surface area (Å²) in [6, 6.07) is 2.96. The van der Waals surface area contributed by atoms with Gasteiger partial charge in [0.15, 0.2) is 23.6 Å². The number of benzene rings is 1. The van der Waals surface area contributed by atoms with Crippen LogP contribution >= 0.6 is 22.9 Å². The van der Waals surface area contributed by atoms with Crippen LogP contribution in [0.4, 0.5) is 19.7 Å². The van der Waals surface area contributed by atoms with Crippen LogP contribution in [0.5, 0.6) is 10.9 Å². The lowest BCUT2D eigenvalue weighted by Gasteiger charge is -2.42. The number of rotatable bonds is 8. The predicted octanol–water partition coefficient (Wildman–Crippen LogP) is 4.63. The molecule has 3 N–H and O–H groups in total. The van der Waals surface area contributed by atoms with E-state index in [-0.39, 0.29) is 34.8 Å². The molecule has 2 heterocycles. The maximum Gasteiger partial charge on any atom is 0.355 e. The van der Waals surface area contributed by atoms with Gasteiger partial charge in [0, 0.05) is 35.3 Å². The average molecular weight is 522 g/mol. The number of halogens is 2. The number of nitrogens with zero attached hydrogens (tertiary/aromatic N) is 3. The van der Waals surface area contributed by atoms with Crippen molar-refractivity contribution in [3.8, 4) is 10.9 Å². The zero-order valence-corrected chi connectivity index (χ0v) is 20.0. The number of nitrogens with one attached hydrogen (secondary N) is 2. The number of aromatic nitrogens is 1. The molecule has 0 spiro atoms. The molecule has 1 saturated heterocycles. The van der Waals surface area contributed by atoms with Crippen LogP contribution in [0.2, 0.25) is 0 Å². The van der Waals surface area contributed by atoms with Gasteiger partial charge < -0.3 is 15.2 Å². The quantitative estimate of drug-likeness (QED) is 0.462. The van der Waals surface area contributed by atoms with Crippen LogP contribution in [-0.4, -0.2) is 57.3 Å². The van der Waals surface area contributed by atoms with E-state index in [4.69, 9.17) is 21.4 Å². The Balaban J connectivity index is 1.50. The number of imide groups is 1. The second-order valence-corrected chi connectivity index (χ2v) is 8.93. The van der Waals surface area contributed by atoms with Gasteiger partial charge in [-0.2, -0.15) is 4.98 Å². The first-order valence-electron chi connectivity index (χ1n) is 10.6. The molecule has 1 aromatic carbocycles. The van der Waals surface area contributed by atoms with Crippen LogP contribution < -0.4 is 15.4 Å². The molecule has 0 bridgehead atoms. The molecule has 13 heteroatoms. The minimum absolute atomic E-state index is 0.0130. The minimum Gasteiger partial charge on any atom is -0.476 e. The molecular weight excluding hydrogens is 501 g/mol. The second-order valence-electron chi connectivity index (χ2n) is 7.67. The molecule has 1 fully saturated rings. The third-order valence-corrected chi connectivity index (χ3v) is 6.32. The lowest BCUT2D eigenvalue weighted by atomic mass is 10.00. The highest BCUT2D eigenvalue weighted by Gasteiger charge is 2.38. The van der Waals surface area contributed by atoms with Crippen molar-refractivity contribution in [1.82, 2.24) is 20.1 Å². The summed E-state index contributed by atoms with van der Waals surface area (Å²) >= 11 is 6.91. The first kappa shape index (κ1) is 24.5. The van der Waals surface area contributed by atoms with Crippen molar-refractivity contribution in [1.29, 1.82) is 0 Å². The maximum atomic E-state index is 14.7. The molecule has 0 saturated carbocycles. The molecule has 2 aliphatic rings. The van der Waals surface area contributed by atoms with Gasteiger partial charge in [0.25, 0.3) is 5.19 Å². The van der Waals surface area contributed by atoms with E-state index >= 15 is 0 Å². The third-order valence-electron chi connectivity index (χ3n) is 5.32. The molecule has 35 heavy (non-hydrogen) atoms. The Labute approximate surface area is 208 Å². The van der Waals surface area contributed by atoms with Gasteiger partial charge in [-0.3, -0.25) is 10.2 Å². The number of carbonyl (C=O) groups is 3. The van der Waals surface area contributed by atoms with E-state index in [0.717, 1.165) is 22.3 Å². The zero-order chi connectivity index (χ0) is 25.1. The topological polar surface area (TPSA) is 124 Å². The fourth-order valence-electron chi connectivity index (χ4n) is 3.56. The van der Waals surface area contributed by atoms with Crippen molar-refractivity contribution in [2.24, 2.45) is 5.92 Å². The van der Waals surface area contributed by atoms with Gasteiger partial charge in [-0.05, 0) is 37.5 Å². The van der Waals surface area contributed by atoms with Gasteiger partial charge in [-0.15, -0.1) is 0 Å². The molecule has 2 atom stereocenters. The van der Waals surface area contributed by atoms with Gasteiger partial charge in [-0.1, -0.05) is 35.1 Å². The van der Waals surface area contributed by atoms with E-state index in [2.05, 4.69) is 15.6 Å². The van der Waals surface area contributed by atoms with Crippen LogP contribution in [-0.2, 0) is 0 Å². The van der Waals surface area contributed by atoms with E-state index in [9.17, 15) is 18.8 Å². The van der Waals surface area contributed by atoms with Crippen molar-refractivity contribution in [3.63, 3.8) is 0 Å². The van der Waals surface area contributed by atoms with E-state index in [1.54, 1.807) is 13.0 Å². The fraction of sp³-hybridized carbons (Fsp3) is 0.273. The summed E-state index contributed by atoms with van der Waals surface area (Å²) in [5, 5.41) is 16.5. The molecule has 4 amide bonds. The largest absolute Gasteiger partial charge is 0.476 e. The van der Waals surface area contributed by atoms with Crippen molar-refractivity contribution in [2.75, 3.05) is 18.4 Å². The van der Waals surface area contributed by atoms with Crippen LogP contribution in [0.15, 0.2) is 46.8 Å². The third kappa shape index (κ3) is 5.54. The molecule has 0 radical (unpaired) electrons. The Hall–Kier alpha value is -3.64. The van der Waals surface area contributed by atoms with E-state index in [1.807, 2.05) is 12.2 Å². The number of hydrogen-bond donors (Lipinski definition) is 3. The number of allylic oxidation sites excluding steroid dienone is 3. The summed E-state index contributed by atoms with van der Waals surface area (Å²) in [6.45, 7) is 2.19. The fourth-order valence-corrected chi connectivity index (χ4v) is 4.37. The Kier molecular flexibility index (Phi) is 7.22. The number of carboxylic acid groups (broad SMARTS) is 1. The van der Waals surface area contributed by atoms with Crippen LogP contribution in [0.25, 0.3) is 0 Å². The van der Waals surface area contributed by atoms with Gasteiger partial charge in [0.1, 0.15) is 0 Å². The number of carboxylic acids is 1. The molecular formula is C22H21ClFN5O5S. The summed E-state index contributed by atoms with van der Waals surface area (Å²) in [5.41, 5.74) is 0.0866. The summed E-state index contributed by atoms with van der Waals surface area (Å²) in [4.78, 5) is 42.7. The number of anilines is 1. The SMILES string of the molecule is CCN1C(=O)NC(Nc2ccc(Oc3nc(C(=O)O)cs3)c(F)c2)N(CC2C=CC(Cl)=CC2)C1=O. The van der Waals surface area contributed by atoms with E-state index in [1.165, 1.54) is 22.4 Å². The Morgan fingerprint density at radius 1 is 1.43 bits per heavy atom. The van der Waals surface area contributed by atoms with Gasteiger partial charge >= 0.3 is 18.0 Å². The molecule has 1 aliphatic heterocycles. The summed E-state index contributed by atoms with van der Waals surface area (Å²) < 4.78 is 20.1. The highest BCUT2D eigenvalue weighted by Crippen LogP contribution is 2.30. The summed E-state index contributed by atoms with van der Waals surface area (Å²) in [5.74, 6) is -2.13. The maximum absolute atomic E-state index is 14.7. The minimum atomic E-state index is -1.21. The highest BCUT2D eigenvalue weighted by atomic mass is 35.5. The van der Waals surface area contributed by atoms with Crippen molar-refractivity contribution < 1.29 is 28.6 Å². The normalized spacial score (nSPS) is 19.9. The molecule has 2 unspecified atom stereocenters. The Morgan fingerprint density at radius 2 is 2.23 bits per heavy atom. The van der Waals surface area contributed by atoms with E-state index in [0.29, 0.717) is 18.0 Å². The van der Waals surface area contributed by atoms with Crippen molar-refractivity contribution in [2.45, 2.75) is 19.6 Å². The Morgan fingerprint density at radius 3 is 2.86 bits per heavy atom. The molecule has 4 rings (SSSR count). The van der Waals surface area contributed by atoms with Crippen molar-refractivity contribution >= 4 is 46.7 Å². The number of ether oxygens (including phenoxy) is 1. The summed E-state index contributed by atoms with van der Waals surface area (Å²) in [7, 11) is 0. The lowest BCUT2D eigenvalue weighted by Crippen LogP contribution is -2.67. The zero-order valence-electron chi connectivity index (χ0n) is 18.4. The van der Waals surface area contributed by atoms with E-state index < -0.39 is 30.1 Å². The second kappa shape index (κ2) is 10.3. The smallest absolute Gasteiger partial charge is 0.355 e. The van der Waals surface area contributed by atoms with Crippen LogP contribution in [0.3, 0.4) is 0 Å². The van der Waals surface area contributed by atoms with Gasteiger partial charge in [0.2, 0.25) is 0 Å². The van der Waals surface area contributed by atoms with Crippen molar-refractivity contribution in [3.05, 3.63) is 58.4 Å². The number of urea groups is 2. The Bertz CT molecular complexity index is 1220. The first-order valence-corrected chi connectivity index (χ1v) is 11.9. The molecule has 10 nitrogen and oxygen atoms in total. The molecule has 1 aliphatic carbocycles. The molecule has 184 valence electrons. The number of hydrogen-bond acceptors (Lipinski definition) is 7. The first-order chi connectivity index (χ1) is 16.7. The lowest BCUT2D eigenvalue weighted by molar-refractivity contribution is 0.0690. The van der Waals surface area contributed by atoms with Gasteiger partial charge in [-0.25, -0.2) is 23.7 Å². The molecule has 2 aromatic rings. The number of amides is 4. The standard InChI is InChI=1S/C22H21ClFN5O5S/c1-2-28-20(32)27-19(29(22(28)33)10-12-3-5-13(23)6-4-12)25-14-7-8-17(15(24)9-14)34-21-26-16(11-35-21)18(30)31/h3,5-9,11-12,19,25H,2,4,10H2,1H3,(H,27,32)(H,30,31). The average Bonchev–Trinajstić information content (AvgIpc) is 3.29. The highest BCUT2D eigenvalue weighted by molar-refractivity contribution is 7.11. The summed E-state index contributed by atoms with van der Waals surface area (Å²) in [6.07, 6.45) is 5.23. The van der Waals surface area contributed by atoms with Crippen LogP contribution in [0.1, 0.15) is 23.8 Å². The van der Waals surface area contributed by atoms with Crippen LogP contribution in [0, 0.1) is 11.7 Å². The number of thiazole rings is 1. The predicted molar refractivity (Wildman–Crippen MR) is 127 cm³/mol. The number of aromatic carboxylic acids is 1. The molecule has 1 aromatic heterocycles. The monoisotopic (exact) mass is 521 g/mol. The number of carbonyl (C=O) groups excluding carboxylic acids is 2.